The Kier molecular flexibility index (Phi) is 6.46. The van der Waals surface area contributed by atoms with E-state index < -0.39 is 21.8 Å². The molecule has 3 rings (SSSR count). The summed E-state index contributed by atoms with van der Waals surface area (Å²) in [5.74, 6) is -1.61. The monoisotopic (exact) mass is 400 g/mol. The lowest BCUT2D eigenvalue weighted by Crippen LogP contribution is -2.41. The van der Waals surface area contributed by atoms with Gasteiger partial charge in [0.15, 0.2) is 0 Å². The summed E-state index contributed by atoms with van der Waals surface area (Å²) in [7, 11) is -3.81. The van der Waals surface area contributed by atoms with Gasteiger partial charge in [0.05, 0.1) is 23.7 Å². The van der Waals surface area contributed by atoms with Crippen molar-refractivity contribution in [3.63, 3.8) is 0 Å². The van der Waals surface area contributed by atoms with Gasteiger partial charge in [-0.15, -0.1) is 0 Å². The lowest BCUT2D eigenvalue weighted by molar-refractivity contribution is 0.00728. The van der Waals surface area contributed by atoms with Gasteiger partial charge in [-0.25, -0.2) is 17.6 Å². The molecule has 2 aliphatic rings. The number of carbonyl (C=O) groups excluding carboxylic acids is 1. The number of nitrogens with zero attached hydrogens (tertiary/aromatic N) is 2. The van der Waals surface area contributed by atoms with Crippen LogP contribution in [0.15, 0.2) is 23.1 Å². The van der Waals surface area contributed by atoms with E-state index in [0.717, 1.165) is 38.1 Å². The molecule has 0 amide bonds. The predicted molar refractivity (Wildman–Crippen MR) is 96.5 cm³/mol. The molecule has 2 fully saturated rings. The molecule has 0 saturated carbocycles. The van der Waals surface area contributed by atoms with Gasteiger partial charge in [-0.05, 0) is 44.1 Å². The molecule has 2 aliphatic heterocycles. The Bertz CT molecular complexity index is 780. The molecule has 7 nitrogen and oxygen atoms in total. The molecule has 0 aliphatic carbocycles. The Morgan fingerprint density at radius 1 is 1.30 bits per heavy atom. The largest absolute Gasteiger partial charge is 0.457 e. The third kappa shape index (κ3) is 4.66. The summed E-state index contributed by atoms with van der Waals surface area (Å²) in [5.41, 5.74) is -0.349. The zero-order valence-corrected chi connectivity index (χ0v) is 16.2. The fraction of sp³-hybridized carbons (Fsp3) is 0.611. The molecule has 150 valence electrons. The SMILES string of the molecule is CCN1CCCC(OC(=O)c2cc(S(=O)(=O)N3CCOCC3)ccc2F)C1. The summed E-state index contributed by atoms with van der Waals surface area (Å²) >= 11 is 0. The van der Waals surface area contributed by atoms with Crippen LogP contribution in [0.5, 0.6) is 0 Å². The van der Waals surface area contributed by atoms with Crippen molar-refractivity contribution in [2.75, 3.05) is 45.9 Å². The van der Waals surface area contributed by atoms with Crippen molar-refractivity contribution < 1.29 is 27.1 Å². The molecule has 1 atom stereocenters. The van der Waals surface area contributed by atoms with E-state index in [1.165, 1.54) is 10.4 Å². The van der Waals surface area contributed by atoms with Crippen molar-refractivity contribution >= 4 is 16.0 Å². The van der Waals surface area contributed by atoms with Crippen LogP contribution in [0.2, 0.25) is 0 Å². The number of halogens is 1. The summed E-state index contributed by atoms with van der Waals surface area (Å²) < 4.78 is 51.6. The van der Waals surface area contributed by atoms with Crippen LogP contribution < -0.4 is 0 Å². The molecular formula is C18H25FN2O5S. The van der Waals surface area contributed by atoms with E-state index in [-0.39, 0.29) is 29.7 Å². The van der Waals surface area contributed by atoms with E-state index in [4.69, 9.17) is 9.47 Å². The third-order valence-electron chi connectivity index (χ3n) is 4.95. The summed E-state index contributed by atoms with van der Waals surface area (Å²) in [4.78, 5) is 14.5. The number of likely N-dealkylation sites (N-methyl/N-ethyl adjacent to an activating group) is 1. The van der Waals surface area contributed by atoms with Gasteiger partial charge < -0.3 is 9.47 Å². The number of piperidine rings is 1. The van der Waals surface area contributed by atoms with Crippen LogP contribution >= 0.6 is 0 Å². The predicted octanol–water partition coefficient (Wildman–Crippen LogP) is 1.49. The molecule has 0 spiro atoms. The van der Waals surface area contributed by atoms with E-state index >= 15 is 0 Å². The highest BCUT2D eigenvalue weighted by Crippen LogP contribution is 2.22. The standard InChI is InChI=1S/C18H25FN2O5S/c1-2-20-7-3-4-14(13-20)26-18(22)16-12-15(5-6-17(16)19)27(23,24)21-8-10-25-11-9-21/h5-6,12,14H,2-4,7-11,13H2,1H3. The molecule has 0 aromatic heterocycles. The number of likely N-dealkylation sites (tertiary alicyclic amines) is 1. The van der Waals surface area contributed by atoms with Gasteiger partial charge in [0.1, 0.15) is 11.9 Å². The van der Waals surface area contributed by atoms with Crippen LogP contribution in [0.3, 0.4) is 0 Å². The zero-order chi connectivity index (χ0) is 19.4. The lowest BCUT2D eigenvalue weighted by atomic mass is 10.1. The lowest BCUT2D eigenvalue weighted by Gasteiger charge is -2.31. The van der Waals surface area contributed by atoms with Crippen LogP contribution in [0.1, 0.15) is 30.1 Å². The first-order valence-corrected chi connectivity index (χ1v) is 10.7. The molecule has 1 aromatic rings. The Hall–Kier alpha value is -1.55. The minimum absolute atomic E-state index is 0.114. The molecule has 1 aromatic carbocycles. The van der Waals surface area contributed by atoms with Crippen LogP contribution in [-0.2, 0) is 19.5 Å². The maximum absolute atomic E-state index is 14.2. The second-order valence-corrected chi connectivity index (χ2v) is 8.66. The van der Waals surface area contributed by atoms with Gasteiger partial charge in [-0.3, -0.25) is 4.90 Å². The van der Waals surface area contributed by atoms with Crippen molar-refractivity contribution in [2.45, 2.75) is 30.8 Å². The Labute approximate surface area is 159 Å². The highest BCUT2D eigenvalue weighted by molar-refractivity contribution is 7.89. The van der Waals surface area contributed by atoms with Crippen molar-refractivity contribution in [1.29, 1.82) is 0 Å². The molecule has 27 heavy (non-hydrogen) atoms. The van der Waals surface area contributed by atoms with Crippen molar-refractivity contribution in [3.05, 3.63) is 29.6 Å². The Morgan fingerprint density at radius 3 is 2.74 bits per heavy atom. The van der Waals surface area contributed by atoms with Crippen molar-refractivity contribution in [2.24, 2.45) is 0 Å². The fourth-order valence-corrected chi connectivity index (χ4v) is 4.80. The summed E-state index contributed by atoms with van der Waals surface area (Å²) in [6, 6.07) is 3.25. The highest BCUT2D eigenvalue weighted by Gasteiger charge is 2.29. The normalized spacial score (nSPS) is 22.5. The van der Waals surface area contributed by atoms with Crippen LogP contribution in [0, 0.1) is 5.82 Å². The van der Waals surface area contributed by atoms with Gasteiger partial charge in [-0.1, -0.05) is 6.92 Å². The zero-order valence-electron chi connectivity index (χ0n) is 15.4. The van der Waals surface area contributed by atoms with E-state index in [1.54, 1.807) is 0 Å². The highest BCUT2D eigenvalue weighted by atomic mass is 32.2. The molecular weight excluding hydrogens is 375 g/mol. The summed E-state index contributed by atoms with van der Waals surface area (Å²) in [6.07, 6.45) is 1.31. The van der Waals surface area contributed by atoms with E-state index in [0.29, 0.717) is 19.8 Å². The molecule has 1 unspecified atom stereocenters. The van der Waals surface area contributed by atoms with Crippen molar-refractivity contribution in [1.82, 2.24) is 9.21 Å². The van der Waals surface area contributed by atoms with Gasteiger partial charge >= 0.3 is 5.97 Å². The van der Waals surface area contributed by atoms with Crippen LogP contribution in [0.25, 0.3) is 0 Å². The average molecular weight is 400 g/mol. The maximum atomic E-state index is 14.2. The number of benzene rings is 1. The number of morpholine rings is 1. The first kappa shape index (κ1) is 20.2. The number of rotatable bonds is 5. The minimum Gasteiger partial charge on any atom is -0.457 e. The van der Waals surface area contributed by atoms with Crippen molar-refractivity contribution in [3.8, 4) is 0 Å². The van der Waals surface area contributed by atoms with Gasteiger partial charge in [-0.2, -0.15) is 4.31 Å². The Morgan fingerprint density at radius 2 is 2.04 bits per heavy atom. The maximum Gasteiger partial charge on any atom is 0.341 e. The number of esters is 1. The quantitative estimate of drug-likeness (QED) is 0.697. The number of hydrogen-bond donors (Lipinski definition) is 0. The minimum atomic E-state index is -3.81. The molecule has 0 radical (unpaired) electrons. The van der Waals surface area contributed by atoms with E-state index in [2.05, 4.69) is 4.90 Å². The second kappa shape index (κ2) is 8.64. The summed E-state index contributed by atoms with van der Waals surface area (Å²) in [5, 5.41) is 0. The second-order valence-electron chi connectivity index (χ2n) is 6.72. The number of carbonyl (C=O) groups is 1. The van der Waals surface area contributed by atoms with E-state index in [1.807, 2.05) is 6.92 Å². The molecule has 9 heteroatoms. The fourth-order valence-electron chi connectivity index (χ4n) is 3.37. The van der Waals surface area contributed by atoms with Crippen LogP contribution in [-0.4, -0.2) is 75.6 Å². The average Bonchev–Trinajstić information content (AvgIpc) is 2.69. The van der Waals surface area contributed by atoms with Gasteiger partial charge in [0.25, 0.3) is 0 Å². The Balaban J connectivity index is 1.77. The topological polar surface area (TPSA) is 76.2 Å². The first-order valence-electron chi connectivity index (χ1n) is 9.22. The van der Waals surface area contributed by atoms with Gasteiger partial charge in [0, 0.05) is 19.6 Å². The molecule has 0 bridgehead atoms. The third-order valence-corrected chi connectivity index (χ3v) is 6.84. The first-order chi connectivity index (χ1) is 12.9. The van der Waals surface area contributed by atoms with E-state index in [9.17, 15) is 17.6 Å². The molecule has 2 heterocycles. The number of sulfonamides is 1. The van der Waals surface area contributed by atoms with Gasteiger partial charge in [0.2, 0.25) is 10.0 Å². The smallest absolute Gasteiger partial charge is 0.341 e. The molecule has 0 N–H and O–H groups in total. The number of hydrogen-bond acceptors (Lipinski definition) is 6. The summed E-state index contributed by atoms with van der Waals surface area (Å²) in [6.45, 7) is 5.53. The van der Waals surface area contributed by atoms with Crippen LogP contribution in [0.4, 0.5) is 4.39 Å². The molecule has 2 saturated heterocycles. The number of ether oxygens (including phenoxy) is 2.